The number of nitrogens with zero attached hydrogens (tertiary/aromatic N) is 1. The van der Waals surface area contributed by atoms with Crippen molar-refractivity contribution in [1.29, 1.82) is 0 Å². The van der Waals surface area contributed by atoms with E-state index in [-0.39, 0.29) is 0 Å². The summed E-state index contributed by atoms with van der Waals surface area (Å²) in [7, 11) is 1.62. The van der Waals surface area contributed by atoms with Gasteiger partial charge in [-0.05, 0) is 67.9 Å². The van der Waals surface area contributed by atoms with Crippen LogP contribution >= 0.6 is 11.6 Å². The summed E-state index contributed by atoms with van der Waals surface area (Å²) in [6, 6.07) is 20.3. The highest BCUT2D eigenvalue weighted by Crippen LogP contribution is 2.31. The molecule has 4 nitrogen and oxygen atoms in total. The van der Waals surface area contributed by atoms with Gasteiger partial charge in [-0.25, -0.2) is 9.78 Å². The van der Waals surface area contributed by atoms with Crippen molar-refractivity contribution in [3.05, 3.63) is 88.4 Å². The van der Waals surface area contributed by atoms with Crippen LogP contribution in [0.15, 0.2) is 66.7 Å². The van der Waals surface area contributed by atoms with E-state index >= 15 is 0 Å². The summed E-state index contributed by atoms with van der Waals surface area (Å²) in [5.41, 5.74) is 4.81. The summed E-state index contributed by atoms with van der Waals surface area (Å²) in [6.07, 6.45) is 0. The summed E-state index contributed by atoms with van der Waals surface area (Å²) >= 11 is 6.18. The number of hydrogen-bond acceptors (Lipinski definition) is 4. The van der Waals surface area contributed by atoms with Crippen LogP contribution in [0.2, 0.25) is 5.02 Å². The molecular formula is C25H20ClNO3. The SMILES string of the molecule is COc1ccc(-c2cc(C(=O)Oc3ccccc3Cl)c3cc(C)cc(C)c3n2)cc1. The average Bonchev–Trinajstić information content (AvgIpc) is 2.75. The zero-order chi connectivity index (χ0) is 21.3. The van der Waals surface area contributed by atoms with Crippen molar-refractivity contribution in [2.45, 2.75) is 13.8 Å². The first-order valence-electron chi connectivity index (χ1n) is 9.49. The molecule has 0 saturated heterocycles. The minimum Gasteiger partial charge on any atom is -0.497 e. The monoisotopic (exact) mass is 417 g/mol. The first kappa shape index (κ1) is 19.9. The lowest BCUT2D eigenvalue weighted by atomic mass is 10.00. The molecule has 0 atom stereocenters. The van der Waals surface area contributed by atoms with E-state index in [0.717, 1.165) is 33.3 Å². The summed E-state index contributed by atoms with van der Waals surface area (Å²) in [4.78, 5) is 18.0. The summed E-state index contributed by atoms with van der Waals surface area (Å²) in [5.74, 6) is 0.601. The molecule has 0 radical (unpaired) electrons. The van der Waals surface area contributed by atoms with E-state index in [2.05, 4.69) is 6.07 Å². The number of halogens is 1. The number of aryl methyl sites for hydroxylation is 2. The summed E-state index contributed by atoms with van der Waals surface area (Å²) < 4.78 is 10.9. The number of rotatable bonds is 4. The second kappa shape index (κ2) is 8.17. The standard InChI is InChI=1S/C25H20ClNO3/c1-15-12-16(2)24-19(13-15)20(25(28)30-23-7-5-4-6-21(23)26)14-22(27-24)17-8-10-18(29-3)11-9-17/h4-14H,1-3H3. The van der Waals surface area contributed by atoms with Crippen LogP contribution in [-0.2, 0) is 0 Å². The van der Waals surface area contributed by atoms with Crippen LogP contribution in [-0.4, -0.2) is 18.1 Å². The van der Waals surface area contributed by atoms with Gasteiger partial charge in [-0.15, -0.1) is 0 Å². The Labute approximate surface area is 180 Å². The molecule has 5 heteroatoms. The Morgan fingerprint density at radius 1 is 0.967 bits per heavy atom. The molecule has 0 amide bonds. The fourth-order valence-electron chi connectivity index (χ4n) is 3.44. The molecule has 0 aliphatic rings. The maximum absolute atomic E-state index is 13.2. The number of aromatic nitrogens is 1. The molecule has 4 aromatic rings. The van der Waals surface area contributed by atoms with Gasteiger partial charge in [0.05, 0.1) is 28.9 Å². The predicted octanol–water partition coefficient (Wildman–Crippen LogP) is 6.40. The topological polar surface area (TPSA) is 48.4 Å². The van der Waals surface area contributed by atoms with Gasteiger partial charge >= 0.3 is 5.97 Å². The van der Waals surface area contributed by atoms with E-state index in [4.69, 9.17) is 26.1 Å². The van der Waals surface area contributed by atoms with E-state index in [1.54, 1.807) is 37.4 Å². The van der Waals surface area contributed by atoms with Crippen molar-refractivity contribution in [1.82, 2.24) is 4.98 Å². The molecule has 1 aromatic heterocycles. The lowest BCUT2D eigenvalue weighted by molar-refractivity contribution is 0.0737. The number of para-hydroxylation sites is 1. The third-order valence-electron chi connectivity index (χ3n) is 4.89. The highest BCUT2D eigenvalue weighted by molar-refractivity contribution is 6.32. The number of methoxy groups -OCH3 is 1. The molecule has 30 heavy (non-hydrogen) atoms. The second-order valence-corrected chi connectivity index (χ2v) is 7.49. The number of benzene rings is 3. The molecule has 0 bridgehead atoms. The Morgan fingerprint density at radius 3 is 2.40 bits per heavy atom. The minimum atomic E-state index is -0.477. The first-order chi connectivity index (χ1) is 14.5. The first-order valence-corrected chi connectivity index (χ1v) is 9.87. The van der Waals surface area contributed by atoms with Gasteiger partial charge in [0.2, 0.25) is 0 Å². The molecule has 0 unspecified atom stereocenters. The van der Waals surface area contributed by atoms with Crippen molar-refractivity contribution in [3.8, 4) is 22.8 Å². The summed E-state index contributed by atoms with van der Waals surface area (Å²) in [5, 5.41) is 1.13. The van der Waals surface area contributed by atoms with Crippen LogP contribution in [0.25, 0.3) is 22.2 Å². The Balaban J connectivity index is 1.87. The number of esters is 1. The minimum absolute atomic E-state index is 0.324. The molecule has 0 saturated carbocycles. The Morgan fingerprint density at radius 2 is 1.70 bits per heavy atom. The van der Waals surface area contributed by atoms with E-state index in [1.807, 2.05) is 44.2 Å². The third kappa shape index (κ3) is 3.87. The molecule has 0 N–H and O–H groups in total. The quantitative estimate of drug-likeness (QED) is 0.285. The van der Waals surface area contributed by atoms with Gasteiger partial charge in [0.1, 0.15) is 11.5 Å². The lowest BCUT2D eigenvalue weighted by Gasteiger charge is -2.13. The Kier molecular flexibility index (Phi) is 5.42. The fourth-order valence-corrected chi connectivity index (χ4v) is 3.62. The molecule has 1 heterocycles. The molecular weight excluding hydrogens is 398 g/mol. The highest BCUT2D eigenvalue weighted by Gasteiger charge is 2.18. The van der Waals surface area contributed by atoms with Crippen molar-refractivity contribution < 1.29 is 14.3 Å². The van der Waals surface area contributed by atoms with Gasteiger partial charge in [0.15, 0.2) is 0 Å². The van der Waals surface area contributed by atoms with Crippen LogP contribution in [0.3, 0.4) is 0 Å². The molecule has 0 aliphatic heterocycles. The van der Waals surface area contributed by atoms with Crippen LogP contribution in [0.1, 0.15) is 21.5 Å². The largest absolute Gasteiger partial charge is 0.497 e. The van der Waals surface area contributed by atoms with Gasteiger partial charge < -0.3 is 9.47 Å². The van der Waals surface area contributed by atoms with E-state index in [0.29, 0.717) is 22.0 Å². The van der Waals surface area contributed by atoms with Crippen molar-refractivity contribution in [2.24, 2.45) is 0 Å². The highest BCUT2D eigenvalue weighted by atomic mass is 35.5. The normalized spacial score (nSPS) is 10.8. The Bertz CT molecular complexity index is 1250. The fraction of sp³-hybridized carbons (Fsp3) is 0.120. The summed E-state index contributed by atoms with van der Waals surface area (Å²) in [6.45, 7) is 3.98. The van der Waals surface area contributed by atoms with Gasteiger partial charge in [0.25, 0.3) is 0 Å². The number of fused-ring (bicyclic) bond motifs is 1. The Hall–Kier alpha value is -3.37. The van der Waals surface area contributed by atoms with Crippen molar-refractivity contribution in [2.75, 3.05) is 7.11 Å². The maximum atomic E-state index is 13.2. The van der Waals surface area contributed by atoms with Crippen molar-refractivity contribution >= 4 is 28.5 Å². The maximum Gasteiger partial charge on any atom is 0.344 e. The van der Waals surface area contributed by atoms with E-state index in [9.17, 15) is 4.79 Å². The number of carbonyl (C=O) groups is 1. The van der Waals surface area contributed by atoms with Crippen LogP contribution in [0.5, 0.6) is 11.5 Å². The number of pyridine rings is 1. The van der Waals surface area contributed by atoms with Gasteiger partial charge in [0, 0.05) is 10.9 Å². The van der Waals surface area contributed by atoms with Gasteiger partial charge in [-0.1, -0.05) is 35.4 Å². The van der Waals surface area contributed by atoms with Gasteiger partial charge in [-0.2, -0.15) is 0 Å². The van der Waals surface area contributed by atoms with Gasteiger partial charge in [-0.3, -0.25) is 0 Å². The number of ether oxygens (including phenoxy) is 2. The molecule has 150 valence electrons. The molecule has 0 fully saturated rings. The number of carbonyl (C=O) groups excluding carboxylic acids is 1. The smallest absolute Gasteiger partial charge is 0.344 e. The second-order valence-electron chi connectivity index (χ2n) is 7.08. The van der Waals surface area contributed by atoms with Crippen LogP contribution in [0.4, 0.5) is 0 Å². The predicted molar refractivity (Wildman–Crippen MR) is 120 cm³/mol. The average molecular weight is 418 g/mol. The lowest BCUT2D eigenvalue weighted by Crippen LogP contribution is -2.11. The molecule has 0 spiro atoms. The van der Waals surface area contributed by atoms with Crippen molar-refractivity contribution in [3.63, 3.8) is 0 Å². The number of hydrogen-bond donors (Lipinski definition) is 0. The molecule has 0 aliphatic carbocycles. The third-order valence-corrected chi connectivity index (χ3v) is 5.21. The molecule has 4 rings (SSSR count). The molecule has 3 aromatic carbocycles. The van der Waals surface area contributed by atoms with Crippen LogP contribution in [0, 0.1) is 13.8 Å². The zero-order valence-corrected chi connectivity index (χ0v) is 17.7. The van der Waals surface area contributed by atoms with E-state index < -0.39 is 5.97 Å². The van der Waals surface area contributed by atoms with Crippen LogP contribution < -0.4 is 9.47 Å². The van der Waals surface area contributed by atoms with E-state index in [1.165, 1.54) is 0 Å². The zero-order valence-electron chi connectivity index (χ0n) is 16.9.